The van der Waals surface area contributed by atoms with Gasteiger partial charge in [0.05, 0.1) is 10.9 Å². The molecule has 0 spiro atoms. The van der Waals surface area contributed by atoms with E-state index in [1.807, 2.05) is 6.07 Å². The second-order valence-corrected chi connectivity index (χ2v) is 4.44. The van der Waals surface area contributed by atoms with Crippen molar-refractivity contribution in [3.05, 3.63) is 17.8 Å². The molecule has 1 aliphatic heterocycles. The lowest BCUT2D eigenvalue weighted by molar-refractivity contribution is 0.0963. The number of H-pyrrole nitrogens is 1. The monoisotopic (exact) mass is 245 g/mol. The van der Waals surface area contributed by atoms with Crippen molar-refractivity contribution in [1.29, 1.82) is 0 Å². The minimum Gasteiger partial charge on any atom is -0.355 e. The van der Waals surface area contributed by atoms with Gasteiger partial charge in [-0.25, -0.2) is 4.98 Å². The van der Waals surface area contributed by atoms with Crippen LogP contribution in [0, 0.1) is 0 Å². The van der Waals surface area contributed by atoms with E-state index in [0.29, 0.717) is 5.56 Å². The summed E-state index contributed by atoms with van der Waals surface area (Å²) in [5, 5.41) is 10.7. The molecule has 2 N–H and O–H groups in total. The number of pyridine rings is 1. The lowest BCUT2D eigenvalue weighted by Crippen LogP contribution is -2.19. The number of amides is 1. The Morgan fingerprint density at radius 2 is 2.22 bits per heavy atom. The summed E-state index contributed by atoms with van der Waals surface area (Å²) in [5.74, 6) is 0.777. The number of anilines is 1. The summed E-state index contributed by atoms with van der Waals surface area (Å²) in [6, 6.07) is 1.85. The van der Waals surface area contributed by atoms with Gasteiger partial charge in [0.15, 0.2) is 11.5 Å². The van der Waals surface area contributed by atoms with E-state index in [-0.39, 0.29) is 5.91 Å². The molecule has 1 saturated heterocycles. The Hall–Kier alpha value is -2.11. The summed E-state index contributed by atoms with van der Waals surface area (Å²) in [6.07, 6.45) is 3.95. The summed E-state index contributed by atoms with van der Waals surface area (Å²) in [7, 11) is 1.61. The van der Waals surface area contributed by atoms with Crippen LogP contribution in [0.3, 0.4) is 0 Å². The van der Waals surface area contributed by atoms with Crippen molar-refractivity contribution in [2.75, 3.05) is 25.0 Å². The van der Waals surface area contributed by atoms with Gasteiger partial charge in [-0.1, -0.05) is 0 Å². The SMILES string of the molecule is CNC(=O)c1cnc2[nH]nc(N3CCCC3)c2c1. The third kappa shape index (κ3) is 1.70. The number of nitrogens with one attached hydrogen (secondary N) is 2. The first-order valence-electron chi connectivity index (χ1n) is 6.11. The maximum atomic E-state index is 11.6. The van der Waals surface area contributed by atoms with E-state index in [1.165, 1.54) is 12.8 Å². The highest BCUT2D eigenvalue weighted by atomic mass is 16.1. The fourth-order valence-electron chi connectivity index (χ4n) is 2.33. The number of rotatable bonds is 2. The number of nitrogens with zero attached hydrogens (tertiary/aromatic N) is 3. The number of hydrogen-bond donors (Lipinski definition) is 2. The maximum Gasteiger partial charge on any atom is 0.252 e. The Morgan fingerprint density at radius 1 is 1.44 bits per heavy atom. The van der Waals surface area contributed by atoms with E-state index in [2.05, 4.69) is 25.4 Å². The second kappa shape index (κ2) is 4.29. The van der Waals surface area contributed by atoms with E-state index in [9.17, 15) is 4.79 Å². The van der Waals surface area contributed by atoms with Gasteiger partial charge < -0.3 is 10.2 Å². The van der Waals surface area contributed by atoms with Gasteiger partial charge in [0.1, 0.15) is 0 Å². The molecule has 0 bridgehead atoms. The van der Waals surface area contributed by atoms with Crippen LogP contribution in [0.4, 0.5) is 5.82 Å². The summed E-state index contributed by atoms with van der Waals surface area (Å²) in [4.78, 5) is 18.1. The Bertz CT molecular complexity index is 585. The average Bonchev–Trinajstić information content (AvgIpc) is 3.05. The average molecular weight is 245 g/mol. The van der Waals surface area contributed by atoms with Crippen LogP contribution in [-0.2, 0) is 0 Å². The lowest BCUT2D eigenvalue weighted by Gasteiger charge is -2.13. The molecule has 0 saturated carbocycles. The van der Waals surface area contributed by atoms with Crippen LogP contribution >= 0.6 is 0 Å². The van der Waals surface area contributed by atoms with Crippen LogP contribution in [0.2, 0.25) is 0 Å². The van der Waals surface area contributed by atoms with E-state index in [0.717, 1.165) is 29.9 Å². The molecule has 1 aliphatic rings. The minimum absolute atomic E-state index is 0.127. The molecule has 1 amide bonds. The van der Waals surface area contributed by atoms with Gasteiger partial charge in [0.25, 0.3) is 5.91 Å². The highest BCUT2D eigenvalue weighted by Crippen LogP contribution is 2.26. The molecular formula is C12H15N5O. The minimum atomic E-state index is -0.127. The van der Waals surface area contributed by atoms with Crippen molar-refractivity contribution >= 4 is 22.8 Å². The van der Waals surface area contributed by atoms with Crippen molar-refractivity contribution in [3.63, 3.8) is 0 Å². The van der Waals surface area contributed by atoms with Crippen molar-refractivity contribution in [2.24, 2.45) is 0 Å². The summed E-state index contributed by atoms with van der Waals surface area (Å²) in [5.41, 5.74) is 1.29. The number of carbonyl (C=O) groups excluding carboxylic acids is 1. The predicted octanol–water partition coefficient (Wildman–Crippen LogP) is 0.918. The topological polar surface area (TPSA) is 73.9 Å². The molecule has 18 heavy (non-hydrogen) atoms. The zero-order chi connectivity index (χ0) is 12.5. The lowest BCUT2D eigenvalue weighted by atomic mass is 10.2. The molecule has 0 aliphatic carbocycles. The molecule has 0 unspecified atom stereocenters. The predicted molar refractivity (Wildman–Crippen MR) is 68.7 cm³/mol. The second-order valence-electron chi connectivity index (χ2n) is 4.44. The van der Waals surface area contributed by atoms with E-state index in [1.54, 1.807) is 13.2 Å². The van der Waals surface area contributed by atoms with E-state index >= 15 is 0 Å². The highest BCUT2D eigenvalue weighted by Gasteiger charge is 2.19. The summed E-state index contributed by atoms with van der Waals surface area (Å²) >= 11 is 0. The first-order valence-corrected chi connectivity index (χ1v) is 6.11. The quantitative estimate of drug-likeness (QED) is 0.825. The Morgan fingerprint density at radius 3 is 2.94 bits per heavy atom. The standard InChI is InChI=1S/C12H15N5O/c1-13-12(18)8-6-9-10(14-7-8)15-16-11(9)17-4-2-3-5-17/h6-7H,2-5H2,1H3,(H,13,18)(H,14,15,16). The Labute approximate surface area is 104 Å². The number of aromatic amines is 1. The molecule has 3 heterocycles. The molecule has 6 heteroatoms. The maximum absolute atomic E-state index is 11.6. The van der Waals surface area contributed by atoms with Crippen LogP contribution in [0.15, 0.2) is 12.3 Å². The zero-order valence-corrected chi connectivity index (χ0v) is 10.2. The largest absolute Gasteiger partial charge is 0.355 e. The van der Waals surface area contributed by atoms with Gasteiger partial charge >= 0.3 is 0 Å². The summed E-state index contributed by atoms with van der Waals surface area (Å²) in [6.45, 7) is 2.04. The van der Waals surface area contributed by atoms with Crippen LogP contribution in [0.25, 0.3) is 11.0 Å². The molecule has 1 fully saturated rings. The first kappa shape index (κ1) is 11.0. The van der Waals surface area contributed by atoms with Gasteiger partial charge in [0, 0.05) is 26.3 Å². The smallest absolute Gasteiger partial charge is 0.252 e. The van der Waals surface area contributed by atoms with Gasteiger partial charge in [-0.3, -0.25) is 9.89 Å². The zero-order valence-electron chi connectivity index (χ0n) is 10.2. The fourth-order valence-corrected chi connectivity index (χ4v) is 2.33. The normalized spacial score (nSPS) is 15.3. The van der Waals surface area contributed by atoms with Gasteiger partial charge in [-0.15, -0.1) is 0 Å². The van der Waals surface area contributed by atoms with Crippen molar-refractivity contribution < 1.29 is 4.79 Å². The number of aromatic nitrogens is 3. The van der Waals surface area contributed by atoms with Gasteiger partial charge in [-0.05, 0) is 18.9 Å². The van der Waals surface area contributed by atoms with E-state index < -0.39 is 0 Å². The first-order chi connectivity index (χ1) is 8.79. The van der Waals surface area contributed by atoms with E-state index in [4.69, 9.17) is 0 Å². The third-order valence-corrected chi connectivity index (χ3v) is 3.29. The Kier molecular flexibility index (Phi) is 2.62. The molecule has 0 aromatic carbocycles. The third-order valence-electron chi connectivity index (χ3n) is 3.29. The van der Waals surface area contributed by atoms with Crippen molar-refractivity contribution in [3.8, 4) is 0 Å². The molecule has 0 atom stereocenters. The number of carbonyl (C=O) groups is 1. The van der Waals surface area contributed by atoms with Crippen LogP contribution in [0.1, 0.15) is 23.2 Å². The molecule has 0 radical (unpaired) electrons. The molecule has 2 aromatic rings. The molecule has 3 rings (SSSR count). The van der Waals surface area contributed by atoms with Crippen molar-refractivity contribution in [2.45, 2.75) is 12.8 Å². The summed E-state index contributed by atoms with van der Waals surface area (Å²) < 4.78 is 0. The fraction of sp³-hybridized carbons (Fsp3) is 0.417. The molecule has 2 aromatic heterocycles. The van der Waals surface area contributed by atoms with Crippen LogP contribution in [0.5, 0.6) is 0 Å². The van der Waals surface area contributed by atoms with Crippen molar-refractivity contribution in [1.82, 2.24) is 20.5 Å². The van der Waals surface area contributed by atoms with Crippen LogP contribution < -0.4 is 10.2 Å². The molecular weight excluding hydrogens is 230 g/mol. The van der Waals surface area contributed by atoms with Gasteiger partial charge in [-0.2, -0.15) is 5.10 Å². The molecule has 94 valence electrons. The molecule has 6 nitrogen and oxygen atoms in total. The van der Waals surface area contributed by atoms with Gasteiger partial charge in [0.2, 0.25) is 0 Å². The van der Waals surface area contributed by atoms with Crippen LogP contribution in [-0.4, -0.2) is 41.2 Å². The number of fused-ring (bicyclic) bond motifs is 1. The Balaban J connectivity index is 2.07. The highest BCUT2D eigenvalue weighted by molar-refractivity contribution is 5.99. The number of hydrogen-bond acceptors (Lipinski definition) is 4.